The van der Waals surface area contributed by atoms with Gasteiger partial charge in [-0.05, 0) is 35.4 Å². The zero-order valence-electron chi connectivity index (χ0n) is 18.3. The van der Waals surface area contributed by atoms with Gasteiger partial charge in [-0.25, -0.2) is 4.98 Å². The Labute approximate surface area is 199 Å². The molecule has 0 saturated carbocycles. The zero-order valence-corrected chi connectivity index (χ0v) is 18.3. The van der Waals surface area contributed by atoms with E-state index in [1.807, 2.05) is 18.2 Å². The summed E-state index contributed by atoms with van der Waals surface area (Å²) in [5.41, 5.74) is 1.79. The number of halogens is 3. The van der Waals surface area contributed by atoms with Crippen LogP contribution in [-0.2, 0) is 6.42 Å². The number of pyridine rings is 2. The predicted molar refractivity (Wildman–Crippen MR) is 124 cm³/mol. The molecule has 1 amide bonds. The van der Waals surface area contributed by atoms with Crippen LogP contribution in [0.1, 0.15) is 16.1 Å². The molecule has 35 heavy (non-hydrogen) atoms. The molecular formula is C26H20F3N3O3. The number of alkyl halides is 3. The van der Waals surface area contributed by atoms with Crippen molar-refractivity contribution in [2.75, 3.05) is 11.9 Å². The van der Waals surface area contributed by atoms with Crippen LogP contribution < -0.4 is 14.8 Å². The van der Waals surface area contributed by atoms with Gasteiger partial charge in [0.25, 0.3) is 5.91 Å². The van der Waals surface area contributed by atoms with Crippen molar-refractivity contribution in [3.05, 3.63) is 103 Å². The van der Waals surface area contributed by atoms with E-state index in [0.717, 1.165) is 11.8 Å². The van der Waals surface area contributed by atoms with E-state index in [2.05, 4.69) is 20.0 Å². The summed E-state index contributed by atoms with van der Waals surface area (Å²) in [6.45, 7) is 0.359. The minimum absolute atomic E-state index is 0.244. The Hall–Kier alpha value is -4.40. The lowest BCUT2D eigenvalue weighted by Crippen LogP contribution is -2.21. The first-order valence-electron chi connectivity index (χ1n) is 10.6. The highest BCUT2D eigenvalue weighted by atomic mass is 19.4. The molecule has 0 fully saturated rings. The smallest absolute Gasteiger partial charge is 0.477 e. The first kappa shape index (κ1) is 23.7. The normalized spacial score (nSPS) is 11.1. The lowest BCUT2D eigenvalue weighted by atomic mass is 9.98. The molecule has 0 atom stereocenters. The van der Waals surface area contributed by atoms with Crippen molar-refractivity contribution in [1.82, 2.24) is 9.97 Å². The van der Waals surface area contributed by atoms with Gasteiger partial charge in [0.1, 0.15) is 5.75 Å². The molecule has 2 aromatic heterocycles. The molecule has 0 aliphatic heterocycles. The number of aromatic nitrogens is 2. The molecule has 2 heterocycles. The highest BCUT2D eigenvalue weighted by molar-refractivity contribution is 6.10. The molecule has 4 rings (SSSR count). The van der Waals surface area contributed by atoms with Crippen molar-refractivity contribution < 1.29 is 27.4 Å². The lowest BCUT2D eigenvalue weighted by molar-refractivity contribution is -0.274. The molecule has 0 saturated heterocycles. The third kappa shape index (κ3) is 6.57. The summed E-state index contributed by atoms with van der Waals surface area (Å²) in [5, 5.41) is 2.59. The van der Waals surface area contributed by atoms with Crippen molar-refractivity contribution in [3.63, 3.8) is 0 Å². The number of anilines is 1. The molecule has 4 aromatic rings. The van der Waals surface area contributed by atoms with Gasteiger partial charge in [0.05, 0.1) is 24.1 Å². The van der Waals surface area contributed by atoms with Crippen molar-refractivity contribution in [2.45, 2.75) is 12.8 Å². The molecule has 0 spiro atoms. The summed E-state index contributed by atoms with van der Waals surface area (Å²) in [4.78, 5) is 21.5. The van der Waals surface area contributed by atoms with Crippen LogP contribution in [0.3, 0.4) is 0 Å². The third-order valence-corrected chi connectivity index (χ3v) is 4.89. The van der Waals surface area contributed by atoms with E-state index in [4.69, 9.17) is 4.74 Å². The maximum atomic E-state index is 13.1. The Morgan fingerprint density at radius 1 is 0.886 bits per heavy atom. The van der Waals surface area contributed by atoms with E-state index >= 15 is 0 Å². The van der Waals surface area contributed by atoms with E-state index in [1.54, 1.807) is 54.7 Å². The van der Waals surface area contributed by atoms with E-state index < -0.39 is 18.0 Å². The van der Waals surface area contributed by atoms with Crippen LogP contribution in [-0.4, -0.2) is 28.8 Å². The van der Waals surface area contributed by atoms with Gasteiger partial charge in [0, 0.05) is 24.4 Å². The number of amides is 1. The number of nitrogens with one attached hydrogen (secondary N) is 1. The van der Waals surface area contributed by atoms with Crippen LogP contribution in [0.2, 0.25) is 0 Å². The van der Waals surface area contributed by atoms with Gasteiger partial charge in [-0.2, -0.15) is 0 Å². The Morgan fingerprint density at radius 3 is 2.37 bits per heavy atom. The second-order valence-electron chi connectivity index (χ2n) is 7.35. The number of nitrogens with zero attached hydrogens (tertiary/aromatic N) is 2. The second kappa shape index (κ2) is 10.7. The van der Waals surface area contributed by atoms with Gasteiger partial charge in [0.2, 0.25) is 5.88 Å². The molecule has 1 N–H and O–H groups in total. The Kier molecular flexibility index (Phi) is 7.25. The largest absolute Gasteiger partial charge is 0.573 e. The van der Waals surface area contributed by atoms with Crippen LogP contribution in [0.25, 0.3) is 11.1 Å². The molecule has 2 aromatic carbocycles. The predicted octanol–water partition coefficient (Wildman–Crippen LogP) is 5.92. The first-order chi connectivity index (χ1) is 16.9. The van der Waals surface area contributed by atoms with E-state index in [0.29, 0.717) is 30.0 Å². The summed E-state index contributed by atoms with van der Waals surface area (Å²) in [6, 6.07) is 21.4. The highest BCUT2D eigenvalue weighted by Crippen LogP contribution is 2.34. The topological polar surface area (TPSA) is 73.3 Å². The Bertz CT molecular complexity index is 1270. The minimum atomic E-state index is -4.96. The van der Waals surface area contributed by atoms with Crippen molar-refractivity contribution in [2.24, 2.45) is 0 Å². The SMILES string of the molecule is O=C(Nc1ccc(OCCc2ccccn2)nc1)c1c(OC(F)(F)F)cccc1-c1ccccc1. The molecule has 178 valence electrons. The maximum absolute atomic E-state index is 13.1. The average molecular weight is 479 g/mol. The van der Waals surface area contributed by atoms with Crippen molar-refractivity contribution in [3.8, 4) is 22.8 Å². The quantitative estimate of drug-likeness (QED) is 0.340. The fraction of sp³-hybridized carbons (Fsp3) is 0.115. The van der Waals surface area contributed by atoms with Gasteiger partial charge in [-0.1, -0.05) is 48.5 Å². The molecular weight excluding hydrogens is 459 g/mol. The molecule has 0 radical (unpaired) electrons. The molecule has 0 unspecified atom stereocenters. The highest BCUT2D eigenvalue weighted by Gasteiger charge is 2.34. The molecule has 0 aliphatic rings. The van der Waals surface area contributed by atoms with Crippen LogP contribution >= 0.6 is 0 Å². The number of hydrogen-bond donors (Lipinski definition) is 1. The molecule has 9 heteroatoms. The molecule has 0 bridgehead atoms. The minimum Gasteiger partial charge on any atom is -0.477 e. The van der Waals surface area contributed by atoms with Gasteiger partial charge < -0.3 is 14.8 Å². The average Bonchev–Trinajstić information content (AvgIpc) is 2.85. The van der Waals surface area contributed by atoms with E-state index in [1.165, 1.54) is 12.3 Å². The Balaban J connectivity index is 1.50. The lowest BCUT2D eigenvalue weighted by Gasteiger charge is -2.17. The third-order valence-electron chi connectivity index (χ3n) is 4.89. The first-order valence-corrected chi connectivity index (χ1v) is 10.6. The zero-order chi connectivity index (χ0) is 24.7. The maximum Gasteiger partial charge on any atom is 0.573 e. The number of benzene rings is 2. The van der Waals surface area contributed by atoms with Gasteiger partial charge in [0.15, 0.2) is 0 Å². The van der Waals surface area contributed by atoms with Crippen LogP contribution in [0.15, 0.2) is 91.3 Å². The number of carbonyl (C=O) groups excluding carboxylic acids is 1. The van der Waals surface area contributed by atoms with Gasteiger partial charge >= 0.3 is 6.36 Å². The van der Waals surface area contributed by atoms with Gasteiger partial charge in [-0.15, -0.1) is 13.2 Å². The molecule has 0 aliphatic carbocycles. The number of carbonyl (C=O) groups is 1. The summed E-state index contributed by atoms with van der Waals surface area (Å²) < 4.78 is 48.8. The number of ether oxygens (including phenoxy) is 2. The van der Waals surface area contributed by atoms with E-state index in [-0.39, 0.29) is 11.3 Å². The fourth-order valence-corrected chi connectivity index (χ4v) is 3.37. The van der Waals surface area contributed by atoms with Crippen LogP contribution in [0.5, 0.6) is 11.6 Å². The fourth-order valence-electron chi connectivity index (χ4n) is 3.37. The van der Waals surface area contributed by atoms with Crippen LogP contribution in [0.4, 0.5) is 18.9 Å². The Morgan fingerprint density at radius 2 is 1.69 bits per heavy atom. The summed E-state index contributed by atoms with van der Waals surface area (Å²) >= 11 is 0. The number of hydrogen-bond acceptors (Lipinski definition) is 5. The van der Waals surface area contributed by atoms with Crippen LogP contribution in [0, 0.1) is 0 Å². The van der Waals surface area contributed by atoms with Crippen molar-refractivity contribution >= 4 is 11.6 Å². The second-order valence-corrected chi connectivity index (χ2v) is 7.35. The number of rotatable bonds is 8. The monoisotopic (exact) mass is 479 g/mol. The summed E-state index contributed by atoms with van der Waals surface area (Å²) in [7, 11) is 0. The van der Waals surface area contributed by atoms with Crippen molar-refractivity contribution in [1.29, 1.82) is 0 Å². The standard InChI is InChI=1S/C26H20F3N3O3/c27-26(28,29)35-22-11-6-10-21(18-7-2-1-3-8-18)24(22)25(33)32-20-12-13-23(31-17-20)34-16-14-19-9-4-5-15-30-19/h1-13,15,17H,14,16H2,(H,32,33). The summed E-state index contributed by atoms with van der Waals surface area (Å²) in [5.74, 6) is -1.03. The van der Waals surface area contributed by atoms with Gasteiger partial charge in [-0.3, -0.25) is 9.78 Å². The van der Waals surface area contributed by atoms with E-state index in [9.17, 15) is 18.0 Å². The molecule has 6 nitrogen and oxygen atoms in total. The summed E-state index contributed by atoms with van der Waals surface area (Å²) in [6.07, 6.45) is -1.30.